The second-order valence-electron chi connectivity index (χ2n) is 3.34. The third-order valence-corrected chi connectivity index (χ3v) is 1.95. The average Bonchev–Trinajstić information content (AvgIpc) is 2.58. The minimum absolute atomic E-state index is 0.419. The molecule has 0 aromatic carbocycles. The summed E-state index contributed by atoms with van der Waals surface area (Å²) in [7, 11) is 1.76. The van der Waals surface area contributed by atoms with E-state index in [0.717, 1.165) is 0 Å². The SMILES string of the molecule is C[C@H](O)CNc1ncnc2c1nnn2C. The summed E-state index contributed by atoms with van der Waals surface area (Å²) < 4.78 is 1.57. The maximum atomic E-state index is 9.14. The third kappa shape index (κ3) is 1.86. The molecule has 0 amide bonds. The van der Waals surface area contributed by atoms with Gasteiger partial charge < -0.3 is 10.4 Å². The Morgan fingerprint density at radius 2 is 2.33 bits per heavy atom. The Morgan fingerprint density at radius 3 is 3.07 bits per heavy atom. The zero-order valence-corrected chi connectivity index (χ0v) is 8.55. The lowest BCUT2D eigenvalue weighted by Crippen LogP contribution is -2.16. The summed E-state index contributed by atoms with van der Waals surface area (Å²) in [6, 6.07) is 0. The number of aryl methyl sites for hydroxylation is 1. The van der Waals surface area contributed by atoms with Crippen molar-refractivity contribution in [1.29, 1.82) is 0 Å². The normalized spacial score (nSPS) is 13.0. The van der Waals surface area contributed by atoms with Gasteiger partial charge in [0.1, 0.15) is 6.33 Å². The molecule has 0 aliphatic carbocycles. The van der Waals surface area contributed by atoms with Crippen molar-refractivity contribution in [2.24, 2.45) is 7.05 Å². The van der Waals surface area contributed by atoms with Gasteiger partial charge in [-0.15, -0.1) is 5.10 Å². The van der Waals surface area contributed by atoms with E-state index in [1.807, 2.05) is 0 Å². The predicted molar refractivity (Wildman–Crippen MR) is 54.3 cm³/mol. The smallest absolute Gasteiger partial charge is 0.183 e. The number of hydrogen-bond donors (Lipinski definition) is 2. The van der Waals surface area contributed by atoms with Crippen molar-refractivity contribution in [3.05, 3.63) is 6.33 Å². The van der Waals surface area contributed by atoms with Crippen LogP contribution < -0.4 is 5.32 Å². The number of fused-ring (bicyclic) bond motifs is 1. The molecule has 80 valence electrons. The highest BCUT2D eigenvalue weighted by Crippen LogP contribution is 2.14. The van der Waals surface area contributed by atoms with Crippen LogP contribution in [0.2, 0.25) is 0 Å². The van der Waals surface area contributed by atoms with E-state index in [1.54, 1.807) is 18.7 Å². The molecule has 2 N–H and O–H groups in total. The Hall–Kier alpha value is -1.76. The standard InChI is InChI=1S/C8H12N6O/c1-5(15)3-9-7-6-8(11-4-10-7)14(2)13-12-6/h4-5,15H,3H2,1-2H3,(H,9,10,11)/t5-/m0/s1. The molecular weight excluding hydrogens is 196 g/mol. The summed E-state index contributed by atoms with van der Waals surface area (Å²) in [5.74, 6) is 0.592. The van der Waals surface area contributed by atoms with E-state index in [2.05, 4.69) is 25.6 Å². The largest absolute Gasteiger partial charge is 0.392 e. The summed E-state index contributed by atoms with van der Waals surface area (Å²) in [5, 5.41) is 19.9. The minimum atomic E-state index is -0.438. The van der Waals surface area contributed by atoms with Gasteiger partial charge in [0, 0.05) is 13.6 Å². The van der Waals surface area contributed by atoms with Gasteiger partial charge in [-0.25, -0.2) is 14.6 Å². The van der Waals surface area contributed by atoms with Crippen molar-refractivity contribution in [3.8, 4) is 0 Å². The number of nitrogens with zero attached hydrogens (tertiary/aromatic N) is 5. The fourth-order valence-corrected chi connectivity index (χ4v) is 1.23. The predicted octanol–water partition coefficient (Wildman–Crippen LogP) is -0.449. The average molecular weight is 208 g/mol. The summed E-state index contributed by atoms with van der Waals surface area (Å²) >= 11 is 0. The van der Waals surface area contributed by atoms with E-state index >= 15 is 0 Å². The summed E-state index contributed by atoms with van der Waals surface area (Å²) in [6.07, 6.45) is 1.00. The van der Waals surface area contributed by atoms with Gasteiger partial charge in [0.25, 0.3) is 0 Å². The Balaban J connectivity index is 2.34. The van der Waals surface area contributed by atoms with Gasteiger partial charge >= 0.3 is 0 Å². The molecule has 1 atom stereocenters. The fraction of sp³-hybridized carbons (Fsp3) is 0.500. The number of anilines is 1. The molecule has 0 spiro atoms. The van der Waals surface area contributed by atoms with Crippen LogP contribution in [0.3, 0.4) is 0 Å². The number of aromatic nitrogens is 5. The Morgan fingerprint density at radius 1 is 1.53 bits per heavy atom. The fourth-order valence-electron chi connectivity index (χ4n) is 1.23. The highest BCUT2D eigenvalue weighted by Gasteiger charge is 2.09. The van der Waals surface area contributed by atoms with Gasteiger partial charge in [0.05, 0.1) is 6.10 Å². The molecule has 2 aromatic heterocycles. The summed E-state index contributed by atoms with van der Waals surface area (Å²) in [6.45, 7) is 2.12. The second-order valence-corrected chi connectivity index (χ2v) is 3.34. The molecule has 2 aromatic rings. The zero-order chi connectivity index (χ0) is 10.8. The van der Waals surface area contributed by atoms with Gasteiger partial charge in [0.15, 0.2) is 17.0 Å². The third-order valence-electron chi connectivity index (χ3n) is 1.95. The topological polar surface area (TPSA) is 88.8 Å². The van der Waals surface area contributed by atoms with Crippen LogP contribution in [0.25, 0.3) is 11.2 Å². The monoisotopic (exact) mass is 208 g/mol. The zero-order valence-electron chi connectivity index (χ0n) is 8.55. The first-order valence-electron chi connectivity index (χ1n) is 4.61. The Bertz CT molecular complexity index is 465. The van der Waals surface area contributed by atoms with Gasteiger partial charge in [0.2, 0.25) is 0 Å². The molecule has 0 saturated heterocycles. The molecule has 7 heteroatoms. The molecule has 0 aliphatic heterocycles. The van der Waals surface area contributed by atoms with Crippen molar-refractivity contribution in [3.63, 3.8) is 0 Å². The highest BCUT2D eigenvalue weighted by molar-refractivity contribution is 5.81. The molecule has 0 bridgehead atoms. The molecule has 0 aliphatic rings. The van der Waals surface area contributed by atoms with Gasteiger partial charge in [-0.1, -0.05) is 5.21 Å². The van der Waals surface area contributed by atoms with Gasteiger partial charge in [-0.05, 0) is 6.92 Å². The van der Waals surface area contributed by atoms with Crippen LogP contribution >= 0.6 is 0 Å². The summed E-state index contributed by atoms with van der Waals surface area (Å²) in [5.41, 5.74) is 1.28. The van der Waals surface area contributed by atoms with Crippen molar-refractivity contribution in [1.82, 2.24) is 25.0 Å². The summed E-state index contributed by atoms with van der Waals surface area (Å²) in [4.78, 5) is 8.10. The molecule has 7 nitrogen and oxygen atoms in total. The lowest BCUT2D eigenvalue weighted by atomic mass is 10.4. The molecule has 0 fully saturated rings. The Kier molecular flexibility index (Phi) is 2.46. The molecule has 0 saturated carbocycles. The van der Waals surface area contributed by atoms with Gasteiger partial charge in [-0.2, -0.15) is 0 Å². The molecule has 15 heavy (non-hydrogen) atoms. The van der Waals surface area contributed by atoms with Gasteiger partial charge in [-0.3, -0.25) is 0 Å². The van der Waals surface area contributed by atoms with E-state index in [9.17, 15) is 0 Å². The molecule has 2 heterocycles. The number of hydrogen-bond acceptors (Lipinski definition) is 6. The van der Waals surface area contributed by atoms with Crippen molar-refractivity contribution in [2.45, 2.75) is 13.0 Å². The first-order valence-corrected chi connectivity index (χ1v) is 4.61. The van der Waals surface area contributed by atoms with E-state index in [0.29, 0.717) is 23.5 Å². The number of rotatable bonds is 3. The molecular formula is C8H12N6O. The van der Waals surface area contributed by atoms with E-state index in [4.69, 9.17) is 5.11 Å². The van der Waals surface area contributed by atoms with E-state index < -0.39 is 6.10 Å². The minimum Gasteiger partial charge on any atom is -0.392 e. The lowest BCUT2D eigenvalue weighted by Gasteiger charge is -2.06. The first kappa shape index (κ1) is 9.78. The van der Waals surface area contributed by atoms with Crippen LogP contribution in [0.1, 0.15) is 6.92 Å². The lowest BCUT2D eigenvalue weighted by molar-refractivity contribution is 0.208. The van der Waals surface area contributed by atoms with Crippen LogP contribution in [0, 0.1) is 0 Å². The number of aliphatic hydroxyl groups is 1. The number of aliphatic hydroxyl groups excluding tert-OH is 1. The quantitative estimate of drug-likeness (QED) is 0.710. The highest BCUT2D eigenvalue weighted by atomic mass is 16.3. The van der Waals surface area contributed by atoms with E-state index in [-0.39, 0.29) is 0 Å². The maximum absolute atomic E-state index is 9.14. The van der Waals surface area contributed by atoms with Crippen LogP contribution in [-0.4, -0.2) is 42.7 Å². The number of nitrogens with one attached hydrogen (secondary N) is 1. The maximum Gasteiger partial charge on any atom is 0.183 e. The van der Waals surface area contributed by atoms with Crippen LogP contribution in [0.4, 0.5) is 5.82 Å². The molecule has 2 rings (SSSR count). The van der Waals surface area contributed by atoms with Crippen molar-refractivity contribution in [2.75, 3.05) is 11.9 Å². The van der Waals surface area contributed by atoms with Crippen molar-refractivity contribution < 1.29 is 5.11 Å². The van der Waals surface area contributed by atoms with Crippen molar-refractivity contribution >= 4 is 17.0 Å². The molecule has 0 radical (unpaired) electrons. The Labute approximate surface area is 86.2 Å². The molecule has 0 unspecified atom stereocenters. The van der Waals surface area contributed by atoms with Crippen LogP contribution in [0.15, 0.2) is 6.33 Å². The van der Waals surface area contributed by atoms with Crippen LogP contribution in [0.5, 0.6) is 0 Å². The first-order chi connectivity index (χ1) is 7.18. The van der Waals surface area contributed by atoms with Crippen LogP contribution in [-0.2, 0) is 7.05 Å². The van der Waals surface area contributed by atoms with E-state index in [1.165, 1.54) is 6.33 Å². The second kappa shape index (κ2) is 3.77.